The molecule has 0 bridgehead atoms. The van der Waals surface area contributed by atoms with Gasteiger partial charge in [-0.1, -0.05) is 77.4 Å². The largest absolute Gasteiger partial charge is 0.465 e. The molecule has 23 nitrogen and oxygen atoms in total. The van der Waals surface area contributed by atoms with Crippen molar-refractivity contribution in [1.29, 1.82) is 0 Å². The first-order valence-corrected chi connectivity index (χ1v) is 29.9. The third-order valence-electron chi connectivity index (χ3n) is 12.5. The summed E-state index contributed by atoms with van der Waals surface area (Å²) in [5.41, 5.74) is 0. The van der Waals surface area contributed by atoms with Crippen molar-refractivity contribution in [1.82, 2.24) is 10.2 Å². The molecule has 0 aliphatic carbocycles. The molecule has 1 heterocycles. The van der Waals surface area contributed by atoms with Crippen LogP contribution in [0, 0.1) is 0 Å². The number of esters is 1. The van der Waals surface area contributed by atoms with E-state index in [1.54, 1.807) is 6.92 Å². The summed E-state index contributed by atoms with van der Waals surface area (Å²) in [6.45, 7) is 15.0. The first-order valence-electron chi connectivity index (χ1n) is 29.9. The van der Waals surface area contributed by atoms with Gasteiger partial charge in [-0.15, -0.1) is 0 Å². The number of hydrogen-bond donors (Lipinski definition) is 5. The number of aliphatic hydroxyl groups is 4. The normalized spacial score (nSPS) is 17.8. The molecule has 1 aliphatic rings. The molecule has 5 N–H and O–H groups in total. The van der Waals surface area contributed by atoms with Crippen molar-refractivity contribution in [2.45, 2.75) is 160 Å². The summed E-state index contributed by atoms with van der Waals surface area (Å²) < 4.78 is 76.7. The zero-order valence-electron chi connectivity index (χ0n) is 49.2. The van der Waals surface area contributed by atoms with Gasteiger partial charge < -0.3 is 97.0 Å². The van der Waals surface area contributed by atoms with Crippen LogP contribution in [0.3, 0.4) is 0 Å². The van der Waals surface area contributed by atoms with E-state index in [2.05, 4.69) is 31.3 Å². The number of rotatable bonds is 60. The van der Waals surface area contributed by atoms with Crippen LogP contribution in [0.5, 0.6) is 0 Å². The van der Waals surface area contributed by atoms with Crippen LogP contribution in [0.2, 0.25) is 0 Å². The van der Waals surface area contributed by atoms with Crippen LogP contribution in [-0.2, 0) is 80.7 Å². The van der Waals surface area contributed by atoms with Gasteiger partial charge in [-0.25, -0.2) is 0 Å². The van der Waals surface area contributed by atoms with Crippen LogP contribution >= 0.6 is 0 Å². The van der Waals surface area contributed by atoms with Gasteiger partial charge in [0.2, 0.25) is 11.8 Å². The molecule has 1 aliphatic heterocycles. The Balaban J connectivity index is 2.30. The second kappa shape index (κ2) is 56.9. The molecule has 3 unspecified atom stereocenters. The van der Waals surface area contributed by atoms with E-state index in [-0.39, 0.29) is 45.9 Å². The second-order valence-corrected chi connectivity index (χ2v) is 19.0. The van der Waals surface area contributed by atoms with Crippen molar-refractivity contribution in [3.63, 3.8) is 0 Å². The fourth-order valence-corrected chi connectivity index (χ4v) is 8.15. The Labute approximate surface area is 478 Å². The predicted molar refractivity (Wildman–Crippen MR) is 298 cm³/mol. The molecule has 0 aromatic carbocycles. The number of allylic oxidation sites excluding steroid dienone is 2. The summed E-state index contributed by atoms with van der Waals surface area (Å²) in [5, 5.41) is 45.4. The standard InChI is InChI=1S/C57H108N2O21/c1-4-7-8-9-10-11-12-13-14-15-16-17-18-19-20-21-51(61)59(53-55(64)54(63)50(48-60)80-57(53)66)49(56(65)58-47-52(62)79-6-3)22-24-68-26-28-70-30-32-72-34-36-74-38-40-76-42-44-78-46-45-77-43-41-75-39-37-73-35-33-71-31-29-69-27-25-67-23-5-2/h13-14,49-50,53-55,57,60,63-64,66H,4-12,15-48H2,1-3H3,(H,58,65)/b14-13-/t49?,50?,53?,54-,55+,57-/m1/s1. The highest BCUT2D eigenvalue weighted by molar-refractivity contribution is 5.90. The Hall–Kier alpha value is -2.53. The predicted octanol–water partition coefficient (Wildman–Crippen LogP) is 3.70. The Morgan fingerprint density at radius 3 is 1.25 bits per heavy atom. The zero-order chi connectivity index (χ0) is 58.2. The van der Waals surface area contributed by atoms with Crippen molar-refractivity contribution in [2.75, 3.05) is 178 Å². The van der Waals surface area contributed by atoms with Gasteiger partial charge >= 0.3 is 5.97 Å². The lowest BCUT2D eigenvalue weighted by molar-refractivity contribution is -0.273. The lowest BCUT2D eigenvalue weighted by Crippen LogP contribution is -2.68. The fourth-order valence-electron chi connectivity index (χ4n) is 8.15. The number of carbonyl (C=O) groups excluding carboxylic acids is 3. The average Bonchev–Trinajstić information content (AvgIpc) is 3.52. The first kappa shape index (κ1) is 75.5. The maximum absolute atomic E-state index is 14.1. The first-order chi connectivity index (χ1) is 39.2. The van der Waals surface area contributed by atoms with E-state index >= 15 is 0 Å². The summed E-state index contributed by atoms with van der Waals surface area (Å²) in [6, 6.07) is -2.95. The van der Waals surface area contributed by atoms with Gasteiger partial charge in [-0.2, -0.15) is 0 Å². The molecule has 0 aromatic rings. The minimum Gasteiger partial charge on any atom is -0.465 e. The maximum atomic E-state index is 14.1. The molecule has 472 valence electrons. The van der Waals surface area contributed by atoms with Crippen LogP contribution < -0.4 is 5.32 Å². The maximum Gasteiger partial charge on any atom is 0.325 e. The number of nitrogens with zero attached hydrogens (tertiary/aromatic N) is 1. The number of unbranched alkanes of at least 4 members (excludes halogenated alkanes) is 11. The number of hydrogen-bond acceptors (Lipinski definition) is 21. The average molecular weight is 1160 g/mol. The molecule has 0 saturated carbocycles. The van der Waals surface area contributed by atoms with E-state index in [0.717, 1.165) is 56.5 Å². The molecule has 1 rings (SSSR count). The Morgan fingerprint density at radius 1 is 0.487 bits per heavy atom. The number of nitrogens with one attached hydrogen (secondary N) is 1. The van der Waals surface area contributed by atoms with Crippen LogP contribution in [-0.4, -0.2) is 258 Å². The summed E-state index contributed by atoms with van der Waals surface area (Å²) in [6.07, 6.45) is 12.6. The Bertz CT molecular complexity index is 1420. The molecule has 2 amide bonds. The minimum atomic E-state index is -1.86. The van der Waals surface area contributed by atoms with Gasteiger partial charge in [0.1, 0.15) is 36.9 Å². The van der Waals surface area contributed by atoms with E-state index in [9.17, 15) is 34.8 Å². The third-order valence-corrected chi connectivity index (χ3v) is 12.5. The second-order valence-electron chi connectivity index (χ2n) is 19.0. The van der Waals surface area contributed by atoms with Crippen molar-refractivity contribution in [2.24, 2.45) is 0 Å². The highest BCUT2D eigenvalue weighted by Gasteiger charge is 2.50. The topological polar surface area (TPSA) is 277 Å². The summed E-state index contributed by atoms with van der Waals surface area (Å²) in [4.78, 5) is 41.2. The number of amides is 2. The van der Waals surface area contributed by atoms with Gasteiger partial charge in [-0.05, 0) is 45.4 Å². The fraction of sp³-hybridized carbons (Fsp3) is 0.912. The van der Waals surface area contributed by atoms with Crippen LogP contribution in [0.4, 0.5) is 0 Å². The Kier molecular flexibility index (Phi) is 53.7. The van der Waals surface area contributed by atoms with Crippen molar-refractivity contribution < 1.29 is 101 Å². The van der Waals surface area contributed by atoms with Gasteiger partial charge in [0.15, 0.2) is 6.29 Å². The van der Waals surface area contributed by atoms with Crippen LogP contribution in [0.25, 0.3) is 0 Å². The quantitative estimate of drug-likeness (QED) is 0.0330. The molecule has 0 spiro atoms. The minimum absolute atomic E-state index is 0.0240. The monoisotopic (exact) mass is 1160 g/mol. The lowest BCUT2D eigenvalue weighted by Gasteiger charge is -2.47. The number of aliphatic hydroxyl groups excluding tert-OH is 4. The van der Waals surface area contributed by atoms with Crippen molar-refractivity contribution in [3.8, 4) is 0 Å². The molecular weight excluding hydrogens is 1050 g/mol. The highest BCUT2D eigenvalue weighted by Crippen LogP contribution is 2.28. The van der Waals surface area contributed by atoms with Gasteiger partial charge in [0.25, 0.3) is 0 Å². The summed E-state index contributed by atoms with van der Waals surface area (Å²) >= 11 is 0. The van der Waals surface area contributed by atoms with E-state index < -0.39 is 67.6 Å². The lowest BCUT2D eigenvalue weighted by atomic mass is 9.93. The highest BCUT2D eigenvalue weighted by atomic mass is 16.6. The molecule has 80 heavy (non-hydrogen) atoms. The molecule has 0 aromatic heterocycles. The number of carbonyl (C=O) groups is 3. The van der Waals surface area contributed by atoms with E-state index in [0.29, 0.717) is 132 Å². The molecule has 1 fully saturated rings. The molecule has 23 heteroatoms. The molecule has 6 atom stereocenters. The van der Waals surface area contributed by atoms with E-state index in [4.69, 9.17) is 66.3 Å². The SMILES string of the molecule is CCCCCCCC/C=C\CCCCCCCC(=O)N(C(CCOCCOCCOCCOCCOCCOCCOCCOCCOCCOCCOCCOCCC)C(=O)NCC(=O)OCC)C1[C@H](O)OC(CO)[C@@H](O)[C@H]1O. The van der Waals surface area contributed by atoms with Gasteiger partial charge in [0.05, 0.1) is 159 Å². The van der Waals surface area contributed by atoms with E-state index in [1.165, 1.54) is 38.5 Å². The van der Waals surface area contributed by atoms with E-state index in [1.807, 2.05) is 0 Å². The van der Waals surface area contributed by atoms with Crippen molar-refractivity contribution >= 4 is 17.8 Å². The molecule has 1 saturated heterocycles. The van der Waals surface area contributed by atoms with Crippen molar-refractivity contribution in [3.05, 3.63) is 12.2 Å². The summed E-state index contributed by atoms with van der Waals surface area (Å²) in [7, 11) is 0. The summed E-state index contributed by atoms with van der Waals surface area (Å²) in [5.74, 6) is -2.03. The van der Waals surface area contributed by atoms with Gasteiger partial charge in [-0.3, -0.25) is 14.4 Å². The number of ether oxygens (including phenoxy) is 14. The van der Waals surface area contributed by atoms with Crippen LogP contribution in [0.15, 0.2) is 12.2 Å². The third kappa shape index (κ3) is 42.3. The van der Waals surface area contributed by atoms with Crippen LogP contribution in [0.1, 0.15) is 124 Å². The molecular formula is C57H108N2O21. The van der Waals surface area contributed by atoms with Gasteiger partial charge in [0, 0.05) is 26.1 Å². The Morgan fingerprint density at radius 2 is 0.863 bits per heavy atom. The zero-order valence-corrected chi connectivity index (χ0v) is 49.2. The molecule has 0 radical (unpaired) electrons. The smallest absolute Gasteiger partial charge is 0.325 e.